The molecule has 2 saturated heterocycles. The summed E-state index contributed by atoms with van der Waals surface area (Å²) in [6.45, 7) is 1.57. The molecule has 1 aromatic carbocycles. The Morgan fingerprint density at radius 1 is 1.22 bits per heavy atom. The van der Waals surface area contributed by atoms with Crippen LogP contribution in [0.2, 0.25) is 0 Å². The van der Waals surface area contributed by atoms with Crippen LogP contribution in [0.15, 0.2) is 36.8 Å². The predicted molar refractivity (Wildman–Crippen MR) is 102 cm³/mol. The van der Waals surface area contributed by atoms with Crippen molar-refractivity contribution in [3.63, 3.8) is 0 Å². The highest BCUT2D eigenvalue weighted by Gasteiger charge is 2.46. The molecule has 144 valence electrons. The Hall–Kier alpha value is -2.21. The summed E-state index contributed by atoms with van der Waals surface area (Å²) < 4.78 is 15.7. The molecule has 4 rings (SSSR count). The molecule has 0 bridgehead atoms. The van der Waals surface area contributed by atoms with Gasteiger partial charge in [-0.1, -0.05) is 25.0 Å². The monoisotopic (exact) mass is 370 g/mol. The summed E-state index contributed by atoms with van der Waals surface area (Å²) in [4.78, 5) is 22.0. The van der Waals surface area contributed by atoms with Crippen molar-refractivity contribution in [1.29, 1.82) is 0 Å². The van der Waals surface area contributed by atoms with Gasteiger partial charge in [-0.05, 0) is 37.6 Å². The minimum absolute atomic E-state index is 0.01000. The van der Waals surface area contributed by atoms with Crippen LogP contribution < -0.4 is 0 Å². The number of likely N-dealkylation sites (N-methyl/N-ethyl adjacent to an activating group) is 1. The Labute approximate surface area is 159 Å². The Kier molecular flexibility index (Phi) is 5.00. The molecule has 2 aliphatic rings. The molecule has 1 aromatic heterocycles. The van der Waals surface area contributed by atoms with Gasteiger partial charge in [0.2, 0.25) is 0 Å². The van der Waals surface area contributed by atoms with Crippen molar-refractivity contribution in [3.05, 3.63) is 53.9 Å². The third-order valence-electron chi connectivity index (χ3n) is 6.08. The summed E-state index contributed by atoms with van der Waals surface area (Å²) in [6.07, 6.45) is 7.83. The first-order chi connectivity index (χ1) is 13.0. The molecule has 27 heavy (non-hydrogen) atoms. The molecule has 2 aromatic rings. The van der Waals surface area contributed by atoms with Crippen LogP contribution in [0.25, 0.3) is 0 Å². The molecule has 0 unspecified atom stereocenters. The Morgan fingerprint density at radius 2 is 2.07 bits per heavy atom. The fourth-order valence-corrected chi connectivity index (χ4v) is 4.81. The number of aryl methyl sites for hydroxylation is 1. The first-order valence-electron chi connectivity index (χ1n) is 9.79. The van der Waals surface area contributed by atoms with Crippen LogP contribution in [-0.2, 0) is 7.05 Å². The fraction of sp³-hybridized carbons (Fsp3) is 0.524. The van der Waals surface area contributed by atoms with Crippen molar-refractivity contribution in [2.75, 3.05) is 20.1 Å². The zero-order chi connectivity index (χ0) is 19.0. The highest BCUT2D eigenvalue weighted by molar-refractivity contribution is 5.92. The number of carbonyl (C=O) groups is 1. The second-order valence-electron chi connectivity index (χ2n) is 7.93. The highest BCUT2D eigenvalue weighted by atomic mass is 19.1. The molecule has 1 amide bonds. The predicted octanol–water partition coefficient (Wildman–Crippen LogP) is 3.04. The second kappa shape index (κ2) is 7.43. The number of imidazole rings is 1. The number of nitrogens with zero attached hydrogens (tertiary/aromatic N) is 4. The van der Waals surface area contributed by atoms with Crippen LogP contribution >= 0.6 is 0 Å². The zero-order valence-electron chi connectivity index (χ0n) is 16.0. The van der Waals surface area contributed by atoms with Gasteiger partial charge < -0.3 is 14.4 Å². The lowest BCUT2D eigenvalue weighted by Gasteiger charge is -2.38. The minimum Gasteiger partial charge on any atom is -0.340 e. The second-order valence-corrected chi connectivity index (χ2v) is 7.93. The molecular formula is C21H27FN4O. The zero-order valence-corrected chi connectivity index (χ0v) is 16.0. The number of fused-ring (bicyclic) bond motifs is 1. The average Bonchev–Trinajstić information content (AvgIpc) is 3.18. The molecule has 0 aliphatic carbocycles. The third-order valence-corrected chi connectivity index (χ3v) is 6.08. The van der Waals surface area contributed by atoms with E-state index in [2.05, 4.69) is 16.9 Å². The number of hydrogen-bond acceptors (Lipinski definition) is 3. The average molecular weight is 370 g/mol. The molecule has 6 heteroatoms. The largest absolute Gasteiger partial charge is 0.340 e. The smallest absolute Gasteiger partial charge is 0.274 e. The van der Waals surface area contributed by atoms with E-state index in [9.17, 15) is 9.18 Å². The minimum atomic E-state index is -0.216. The Bertz CT molecular complexity index is 820. The SMILES string of the molecule is CN1C[C@@H](c2cccc(F)c2)[C@H]2[C@H]1CCCCCN2C(=O)c1cn(C)cn1. The van der Waals surface area contributed by atoms with Gasteiger partial charge in [-0.3, -0.25) is 4.79 Å². The van der Waals surface area contributed by atoms with Crippen molar-refractivity contribution >= 4 is 5.91 Å². The van der Waals surface area contributed by atoms with E-state index >= 15 is 0 Å². The number of aromatic nitrogens is 2. The summed E-state index contributed by atoms with van der Waals surface area (Å²) >= 11 is 0. The summed E-state index contributed by atoms with van der Waals surface area (Å²) in [5.41, 5.74) is 1.47. The number of amides is 1. The third kappa shape index (κ3) is 3.50. The number of halogens is 1. The Balaban J connectivity index is 1.72. The first kappa shape index (κ1) is 18.2. The fourth-order valence-electron chi connectivity index (χ4n) is 4.81. The molecule has 0 N–H and O–H groups in total. The number of rotatable bonds is 2. The maximum Gasteiger partial charge on any atom is 0.274 e. The van der Waals surface area contributed by atoms with Gasteiger partial charge in [0.1, 0.15) is 11.5 Å². The number of hydrogen-bond donors (Lipinski definition) is 0. The van der Waals surface area contributed by atoms with E-state index < -0.39 is 0 Å². The lowest BCUT2D eigenvalue weighted by Crippen LogP contribution is -2.50. The van der Waals surface area contributed by atoms with Gasteiger partial charge in [-0.15, -0.1) is 0 Å². The van der Waals surface area contributed by atoms with E-state index in [1.165, 1.54) is 12.5 Å². The Morgan fingerprint density at radius 3 is 2.81 bits per heavy atom. The van der Waals surface area contributed by atoms with Crippen LogP contribution in [0.5, 0.6) is 0 Å². The number of carbonyl (C=O) groups excluding carboxylic acids is 1. The van der Waals surface area contributed by atoms with Crippen LogP contribution in [-0.4, -0.2) is 57.5 Å². The molecule has 0 radical (unpaired) electrons. The molecule has 2 aliphatic heterocycles. The molecule has 3 heterocycles. The number of likely N-dealkylation sites (tertiary alicyclic amines) is 2. The summed E-state index contributed by atoms with van der Waals surface area (Å²) in [5, 5.41) is 0. The summed E-state index contributed by atoms with van der Waals surface area (Å²) in [5.74, 6) is -0.113. The lowest BCUT2D eigenvalue weighted by atomic mass is 9.86. The maximum atomic E-state index is 13.9. The summed E-state index contributed by atoms with van der Waals surface area (Å²) in [6, 6.07) is 7.22. The van der Waals surface area contributed by atoms with Gasteiger partial charge in [0.25, 0.3) is 5.91 Å². The van der Waals surface area contributed by atoms with Crippen LogP contribution in [0, 0.1) is 5.82 Å². The molecular weight excluding hydrogens is 343 g/mol. The van der Waals surface area contributed by atoms with E-state index in [-0.39, 0.29) is 23.7 Å². The molecule has 2 fully saturated rings. The van der Waals surface area contributed by atoms with Gasteiger partial charge in [0, 0.05) is 38.3 Å². The van der Waals surface area contributed by atoms with Crippen molar-refractivity contribution < 1.29 is 9.18 Å². The maximum absolute atomic E-state index is 13.9. The van der Waals surface area contributed by atoms with Gasteiger partial charge >= 0.3 is 0 Å². The first-order valence-corrected chi connectivity index (χ1v) is 9.79. The molecule has 0 spiro atoms. The van der Waals surface area contributed by atoms with Crippen LogP contribution in [0.3, 0.4) is 0 Å². The van der Waals surface area contributed by atoms with E-state index in [1.807, 2.05) is 18.0 Å². The highest BCUT2D eigenvalue weighted by Crippen LogP contribution is 2.39. The number of benzene rings is 1. The van der Waals surface area contributed by atoms with E-state index in [1.54, 1.807) is 29.2 Å². The molecule has 5 nitrogen and oxygen atoms in total. The molecule has 3 atom stereocenters. The van der Waals surface area contributed by atoms with Crippen molar-refractivity contribution in [2.24, 2.45) is 7.05 Å². The quantitative estimate of drug-likeness (QED) is 0.816. The van der Waals surface area contributed by atoms with E-state index in [4.69, 9.17) is 0 Å². The van der Waals surface area contributed by atoms with E-state index in [0.717, 1.165) is 37.9 Å². The van der Waals surface area contributed by atoms with E-state index in [0.29, 0.717) is 11.7 Å². The standard InChI is InChI=1S/C21H27FN4O/c1-24-13-18(23-14-24)21(27)26-10-5-3-4-9-19-20(26)17(12-25(19)2)15-7-6-8-16(22)11-15/h6-8,11,13-14,17,19-20H,3-5,9-10,12H2,1-2H3/t17-,19+,20-/m0/s1. The summed E-state index contributed by atoms with van der Waals surface area (Å²) in [7, 11) is 4.00. The van der Waals surface area contributed by atoms with Crippen LogP contribution in [0.1, 0.15) is 47.7 Å². The lowest BCUT2D eigenvalue weighted by molar-refractivity contribution is 0.0581. The van der Waals surface area contributed by atoms with Gasteiger partial charge in [0.15, 0.2) is 0 Å². The van der Waals surface area contributed by atoms with Crippen molar-refractivity contribution in [1.82, 2.24) is 19.4 Å². The normalized spacial score (nSPS) is 26.5. The van der Waals surface area contributed by atoms with Crippen LogP contribution in [0.4, 0.5) is 4.39 Å². The van der Waals surface area contributed by atoms with Crippen molar-refractivity contribution in [2.45, 2.75) is 43.7 Å². The molecule has 0 saturated carbocycles. The topological polar surface area (TPSA) is 41.4 Å². The van der Waals surface area contributed by atoms with Gasteiger partial charge in [-0.25, -0.2) is 9.37 Å². The van der Waals surface area contributed by atoms with Gasteiger partial charge in [-0.2, -0.15) is 0 Å². The van der Waals surface area contributed by atoms with Crippen molar-refractivity contribution in [3.8, 4) is 0 Å². The van der Waals surface area contributed by atoms with Gasteiger partial charge in [0.05, 0.1) is 12.4 Å².